The Kier molecular flexibility index (Phi) is 4.84. The number of piperidine rings is 1. The van der Waals surface area contributed by atoms with E-state index in [1.807, 2.05) is 0 Å². The largest absolute Gasteiger partial charge is 0.219 e. The van der Waals surface area contributed by atoms with Crippen LogP contribution >= 0.6 is 15.9 Å². The molecule has 0 aromatic heterocycles. The van der Waals surface area contributed by atoms with Gasteiger partial charge in [0.1, 0.15) is 0 Å². The van der Waals surface area contributed by atoms with E-state index >= 15 is 0 Å². The van der Waals surface area contributed by atoms with Crippen molar-refractivity contribution in [1.29, 1.82) is 0 Å². The van der Waals surface area contributed by atoms with Crippen LogP contribution in [0.15, 0.2) is 0 Å². The molecule has 16 heavy (non-hydrogen) atoms. The fourth-order valence-corrected chi connectivity index (χ4v) is 4.22. The fraction of sp³-hybridized carbons (Fsp3) is 1.00. The van der Waals surface area contributed by atoms with Gasteiger partial charge in [-0.3, -0.25) is 0 Å². The molecule has 1 saturated heterocycles. The van der Waals surface area contributed by atoms with E-state index < -0.39 is 14.8 Å². The zero-order valence-corrected chi connectivity index (χ0v) is 12.8. The van der Waals surface area contributed by atoms with Gasteiger partial charge >= 0.3 is 0 Å². The molecule has 0 saturated carbocycles. The highest BCUT2D eigenvalue weighted by Gasteiger charge is 2.37. The van der Waals surface area contributed by atoms with Gasteiger partial charge in [0.05, 0.1) is 4.75 Å². The molecule has 1 aliphatic rings. The lowest BCUT2D eigenvalue weighted by Crippen LogP contribution is -2.47. The third kappa shape index (κ3) is 3.20. The maximum Gasteiger partial charge on any atom is 0.219 e. The molecule has 0 bridgehead atoms. The summed E-state index contributed by atoms with van der Waals surface area (Å²) in [4.78, 5) is 0. The van der Waals surface area contributed by atoms with Gasteiger partial charge in [-0.2, -0.15) is 0 Å². The minimum Gasteiger partial charge on any atom is -0.212 e. The molecule has 5 heteroatoms. The number of sulfonamides is 1. The van der Waals surface area contributed by atoms with Gasteiger partial charge in [-0.25, -0.2) is 12.7 Å². The molecule has 0 radical (unpaired) electrons. The lowest BCUT2D eigenvalue weighted by Gasteiger charge is -2.36. The highest BCUT2D eigenvalue weighted by molar-refractivity contribution is 9.09. The molecule has 1 unspecified atom stereocenters. The summed E-state index contributed by atoms with van der Waals surface area (Å²) in [6, 6.07) is 0. The van der Waals surface area contributed by atoms with Crippen LogP contribution in [0.1, 0.15) is 40.0 Å². The first-order valence-electron chi connectivity index (χ1n) is 5.84. The minimum absolute atomic E-state index is 0.519. The van der Waals surface area contributed by atoms with Gasteiger partial charge < -0.3 is 0 Å². The van der Waals surface area contributed by atoms with E-state index in [4.69, 9.17) is 0 Å². The summed E-state index contributed by atoms with van der Waals surface area (Å²) in [5, 5.41) is 0.959. The molecular weight excluding hydrogens is 290 g/mol. The zero-order chi connectivity index (χ0) is 12.4. The van der Waals surface area contributed by atoms with Crippen molar-refractivity contribution in [2.75, 3.05) is 18.4 Å². The Bertz CT molecular complexity index is 319. The van der Waals surface area contributed by atoms with Crippen LogP contribution in [0.3, 0.4) is 0 Å². The average molecular weight is 312 g/mol. The first kappa shape index (κ1) is 14.5. The molecule has 1 aliphatic heterocycles. The predicted molar refractivity (Wildman–Crippen MR) is 71.4 cm³/mol. The van der Waals surface area contributed by atoms with Crippen LogP contribution in [0.25, 0.3) is 0 Å². The van der Waals surface area contributed by atoms with Crippen molar-refractivity contribution in [2.45, 2.75) is 44.8 Å². The number of rotatable bonds is 3. The summed E-state index contributed by atoms with van der Waals surface area (Å²) < 4.78 is 25.5. The lowest BCUT2D eigenvalue weighted by atomic mass is 9.97. The van der Waals surface area contributed by atoms with E-state index in [2.05, 4.69) is 15.9 Å². The van der Waals surface area contributed by atoms with Crippen LogP contribution in [0, 0.1) is 5.92 Å². The normalized spacial score (nSPS) is 24.6. The van der Waals surface area contributed by atoms with Gasteiger partial charge in [0.2, 0.25) is 10.0 Å². The van der Waals surface area contributed by atoms with Crippen molar-refractivity contribution in [3.63, 3.8) is 0 Å². The van der Waals surface area contributed by atoms with Gasteiger partial charge in [-0.1, -0.05) is 15.9 Å². The molecule has 0 aromatic rings. The topological polar surface area (TPSA) is 37.4 Å². The van der Waals surface area contributed by atoms with Crippen molar-refractivity contribution in [2.24, 2.45) is 5.92 Å². The van der Waals surface area contributed by atoms with Crippen LogP contribution in [-0.4, -0.2) is 35.9 Å². The average Bonchev–Trinajstić information content (AvgIpc) is 2.17. The molecule has 3 nitrogen and oxygen atoms in total. The summed E-state index contributed by atoms with van der Waals surface area (Å²) in [7, 11) is -3.13. The molecule has 0 amide bonds. The number of hydrogen-bond acceptors (Lipinski definition) is 2. The van der Waals surface area contributed by atoms with Crippen molar-refractivity contribution in [1.82, 2.24) is 4.31 Å². The highest BCUT2D eigenvalue weighted by Crippen LogP contribution is 2.27. The van der Waals surface area contributed by atoms with E-state index in [1.54, 1.807) is 25.1 Å². The lowest BCUT2D eigenvalue weighted by molar-refractivity contribution is 0.258. The minimum atomic E-state index is -3.13. The van der Waals surface area contributed by atoms with Crippen molar-refractivity contribution in [3.05, 3.63) is 0 Å². The van der Waals surface area contributed by atoms with Crippen LogP contribution < -0.4 is 0 Å². The maximum atomic E-state index is 12.3. The molecule has 1 atom stereocenters. The number of hydrogen-bond donors (Lipinski definition) is 0. The Morgan fingerprint density at radius 2 is 2.00 bits per heavy atom. The van der Waals surface area contributed by atoms with Gasteiger partial charge in [0.15, 0.2) is 0 Å². The third-order valence-corrected chi connectivity index (χ3v) is 6.13. The molecule has 0 aliphatic carbocycles. The Morgan fingerprint density at radius 3 is 2.50 bits per heavy atom. The van der Waals surface area contributed by atoms with Crippen LogP contribution in [0.2, 0.25) is 0 Å². The molecular formula is C11H22BrNO2S. The zero-order valence-electron chi connectivity index (χ0n) is 10.4. The standard InChI is InChI=1S/C11H22BrNO2S/c1-11(2,3)16(14,15)13-8-4-5-10(9-13)6-7-12/h10H,4-9H2,1-3H3. The second kappa shape index (κ2) is 5.36. The van der Waals surface area contributed by atoms with Crippen molar-refractivity contribution < 1.29 is 8.42 Å². The van der Waals surface area contributed by atoms with Gasteiger partial charge in [-0.05, 0) is 46.0 Å². The smallest absolute Gasteiger partial charge is 0.212 e. The quantitative estimate of drug-likeness (QED) is 0.751. The molecule has 0 spiro atoms. The number of nitrogens with zero attached hydrogens (tertiary/aromatic N) is 1. The van der Waals surface area contributed by atoms with Crippen molar-refractivity contribution >= 4 is 26.0 Å². The first-order chi connectivity index (χ1) is 7.29. The third-order valence-electron chi connectivity index (χ3n) is 3.11. The van der Waals surface area contributed by atoms with Gasteiger partial charge in [-0.15, -0.1) is 0 Å². The predicted octanol–water partition coefficient (Wildman–Crippen LogP) is 2.61. The fourth-order valence-electron chi connectivity index (χ4n) is 2.02. The van der Waals surface area contributed by atoms with E-state index in [-0.39, 0.29) is 0 Å². The number of alkyl halides is 1. The van der Waals surface area contributed by atoms with Crippen LogP contribution in [0.4, 0.5) is 0 Å². The second-order valence-electron chi connectivity index (χ2n) is 5.46. The Balaban J connectivity index is 2.74. The van der Waals surface area contributed by atoms with Crippen molar-refractivity contribution in [3.8, 4) is 0 Å². The Morgan fingerprint density at radius 1 is 1.38 bits per heavy atom. The summed E-state index contributed by atoms with van der Waals surface area (Å²) >= 11 is 3.43. The molecule has 1 rings (SSSR count). The van der Waals surface area contributed by atoms with E-state index in [0.717, 1.165) is 24.6 Å². The van der Waals surface area contributed by atoms with Gasteiger partial charge in [0.25, 0.3) is 0 Å². The summed E-state index contributed by atoms with van der Waals surface area (Å²) in [5.41, 5.74) is 0. The van der Waals surface area contributed by atoms with E-state index in [0.29, 0.717) is 19.0 Å². The Hall–Kier alpha value is 0.390. The maximum absolute atomic E-state index is 12.3. The molecule has 1 fully saturated rings. The monoisotopic (exact) mass is 311 g/mol. The summed E-state index contributed by atoms with van der Waals surface area (Å²) in [6.45, 7) is 6.72. The van der Waals surface area contributed by atoms with Crippen LogP contribution in [-0.2, 0) is 10.0 Å². The second-order valence-corrected chi connectivity index (χ2v) is 8.95. The first-order valence-corrected chi connectivity index (χ1v) is 8.41. The molecule has 1 heterocycles. The molecule has 0 N–H and O–H groups in total. The molecule has 0 aromatic carbocycles. The molecule has 96 valence electrons. The number of halogens is 1. The summed E-state index contributed by atoms with van der Waals surface area (Å²) in [6.07, 6.45) is 3.21. The van der Waals surface area contributed by atoms with Crippen LogP contribution in [0.5, 0.6) is 0 Å². The SMILES string of the molecule is CC(C)(C)S(=O)(=O)N1CCCC(CCBr)C1. The van der Waals surface area contributed by atoms with E-state index in [9.17, 15) is 8.42 Å². The Labute approximate surface area is 108 Å². The van der Waals surface area contributed by atoms with Gasteiger partial charge in [0, 0.05) is 18.4 Å². The van der Waals surface area contributed by atoms with E-state index in [1.165, 1.54) is 0 Å². The highest BCUT2D eigenvalue weighted by atomic mass is 79.9. The summed E-state index contributed by atoms with van der Waals surface area (Å²) in [5.74, 6) is 0.519.